The molecular formula is C14H19BrN4. The lowest BCUT2D eigenvalue weighted by atomic mass is 10.0. The molecule has 2 unspecified atom stereocenters. The summed E-state index contributed by atoms with van der Waals surface area (Å²) in [5.41, 5.74) is 0. The summed E-state index contributed by atoms with van der Waals surface area (Å²) in [6.45, 7) is 4.87. The molecule has 0 radical (unpaired) electrons. The van der Waals surface area contributed by atoms with Gasteiger partial charge in [0.1, 0.15) is 0 Å². The highest BCUT2D eigenvalue weighted by Crippen LogP contribution is 2.39. The van der Waals surface area contributed by atoms with E-state index in [4.69, 9.17) is 0 Å². The Hall–Kier alpha value is -0.680. The Kier molecular flexibility index (Phi) is 2.99. The summed E-state index contributed by atoms with van der Waals surface area (Å²) in [5, 5.41) is 0. The lowest BCUT2D eigenvalue weighted by molar-refractivity contribution is 0.189. The fourth-order valence-electron chi connectivity index (χ4n) is 3.89. The zero-order chi connectivity index (χ0) is 12.8. The quantitative estimate of drug-likeness (QED) is 0.835. The minimum Gasteiger partial charge on any atom is -0.338 e. The second-order valence-electron chi connectivity index (χ2n) is 6.17. The number of halogens is 1. The van der Waals surface area contributed by atoms with Crippen molar-refractivity contribution in [3.05, 3.63) is 16.9 Å². The van der Waals surface area contributed by atoms with Crippen LogP contribution in [0.1, 0.15) is 19.3 Å². The van der Waals surface area contributed by atoms with Gasteiger partial charge in [0, 0.05) is 44.6 Å². The van der Waals surface area contributed by atoms with Crippen molar-refractivity contribution in [1.82, 2.24) is 14.9 Å². The maximum Gasteiger partial charge on any atom is 0.225 e. The molecule has 1 aromatic rings. The largest absolute Gasteiger partial charge is 0.338 e. The van der Waals surface area contributed by atoms with Crippen LogP contribution in [0.3, 0.4) is 0 Å². The number of rotatable bonds is 2. The van der Waals surface area contributed by atoms with Crippen molar-refractivity contribution in [1.29, 1.82) is 0 Å². The molecule has 4 rings (SSSR count). The minimum absolute atomic E-state index is 0.734. The van der Waals surface area contributed by atoms with Crippen molar-refractivity contribution in [2.24, 2.45) is 11.8 Å². The lowest BCUT2D eigenvalue weighted by Crippen LogP contribution is -2.59. The fraction of sp³-hybridized carbons (Fsp3) is 0.714. The third-order valence-corrected chi connectivity index (χ3v) is 5.43. The van der Waals surface area contributed by atoms with E-state index in [-0.39, 0.29) is 0 Å². The SMILES string of the molecule is Brc1cnc(N2CC(N3CC4CCCC4C3)C2)nc1. The van der Waals surface area contributed by atoms with Crippen molar-refractivity contribution < 1.29 is 0 Å². The van der Waals surface area contributed by atoms with Gasteiger partial charge in [-0.3, -0.25) is 4.90 Å². The van der Waals surface area contributed by atoms with Gasteiger partial charge in [0.15, 0.2) is 0 Å². The molecule has 0 N–H and O–H groups in total. The van der Waals surface area contributed by atoms with Crippen LogP contribution < -0.4 is 4.90 Å². The molecule has 102 valence electrons. The van der Waals surface area contributed by atoms with Crippen LogP contribution in [0.2, 0.25) is 0 Å². The maximum absolute atomic E-state index is 4.37. The summed E-state index contributed by atoms with van der Waals surface area (Å²) < 4.78 is 0.945. The third kappa shape index (κ3) is 2.17. The van der Waals surface area contributed by atoms with Crippen molar-refractivity contribution in [3.8, 4) is 0 Å². The van der Waals surface area contributed by atoms with Gasteiger partial charge in [-0.05, 0) is 40.6 Å². The van der Waals surface area contributed by atoms with Crippen LogP contribution in [0.25, 0.3) is 0 Å². The van der Waals surface area contributed by atoms with Gasteiger partial charge in [-0.1, -0.05) is 6.42 Å². The smallest absolute Gasteiger partial charge is 0.225 e. The summed E-state index contributed by atoms with van der Waals surface area (Å²) in [7, 11) is 0. The van der Waals surface area contributed by atoms with Gasteiger partial charge in [-0.2, -0.15) is 0 Å². The number of nitrogens with zero attached hydrogens (tertiary/aromatic N) is 4. The third-order valence-electron chi connectivity index (χ3n) is 5.02. The molecule has 3 fully saturated rings. The molecule has 0 aromatic carbocycles. The van der Waals surface area contributed by atoms with E-state index >= 15 is 0 Å². The number of fused-ring (bicyclic) bond motifs is 1. The van der Waals surface area contributed by atoms with Crippen molar-refractivity contribution in [3.63, 3.8) is 0 Å². The second-order valence-corrected chi connectivity index (χ2v) is 7.08. The normalized spacial score (nSPS) is 31.5. The van der Waals surface area contributed by atoms with E-state index in [2.05, 4.69) is 35.7 Å². The Bertz CT molecular complexity index is 445. The standard InChI is InChI=1S/C14H19BrN4/c15-12-4-16-14(17-5-12)19-8-13(9-19)18-6-10-2-1-3-11(10)7-18/h4-5,10-11,13H,1-3,6-9H2. The van der Waals surface area contributed by atoms with Gasteiger partial charge >= 0.3 is 0 Å². The van der Waals surface area contributed by atoms with Gasteiger partial charge in [0.2, 0.25) is 5.95 Å². The highest BCUT2D eigenvalue weighted by atomic mass is 79.9. The topological polar surface area (TPSA) is 32.3 Å². The van der Waals surface area contributed by atoms with Crippen LogP contribution in [0.15, 0.2) is 16.9 Å². The molecular weight excluding hydrogens is 304 g/mol. The number of anilines is 1. The predicted molar refractivity (Wildman–Crippen MR) is 78.1 cm³/mol. The van der Waals surface area contributed by atoms with Crippen LogP contribution in [-0.4, -0.2) is 47.1 Å². The first kappa shape index (κ1) is 12.1. The Morgan fingerprint density at radius 3 is 2.26 bits per heavy atom. The molecule has 2 atom stereocenters. The Balaban J connectivity index is 1.34. The van der Waals surface area contributed by atoms with Crippen molar-refractivity contribution >= 4 is 21.9 Å². The zero-order valence-corrected chi connectivity index (χ0v) is 12.6. The average Bonchev–Trinajstić information content (AvgIpc) is 2.90. The van der Waals surface area contributed by atoms with E-state index in [1.54, 1.807) is 0 Å². The fourth-order valence-corrected chi connectivity index (χ4v) is 4.09. The number of likely N-dealkylation sites (tertiary alicyclic amines) is 1. The summed E-state index contributed by atoms with van der Waals surface area (Å²) in [5.74, 6) is 2.87. The Morgan fingerprint density at radius 2 is 1.63 bits per heavy atom. The van der Waals surface area contributed by atoms with E-state index < -0.39 is 0 Å². The van der Waals surface area contributed by atoms with E-state index in [9.17, 15) is 0 Å². The van der Waals surface area contributed by atoms with Crippen LogP contribution in [0, 0.1) is 11.8 Å². The van der Waals surface area contributed by atoms with Gasteiger partial charge < -0.3 is 4.90 Å². The molecule has 19 heavy (non-hydrogen) atoms. The molecule has 1 aliphatic carbocycles. The highest BCUT2D eigenvalue weighted by molar-refractivity contribution is 9.10. The van der Waals surface area contributed by atoms with Crippen molar-refractivity contribution in [2.75, 3.05) is 31.1 Å². The molecule has 4 nitrogen and oxygen atoms in total. The Labute approximate surface area is 122 Å². The van der Waals surface area contributed by atoms with E-state index in [1.807, 2.05) is 12.4 Å². The number of aromatic nitrogens is 2. The monoisotopic (exact) mass is 322 g/mol. The van der Waals surface area contributed by atoms with Gasteiger partial charge in [-0.25, -0.2) is 9.97 Å². The van der Waals surface area contributed by atoms with E-state index in [1.165, 1.54) is 32.4 Å². The van der Waals surface area contributed by atoms with Crippen LogP contribution in [0.5, 0.6) is 0 Å². The van der Waals surface area contributed by atoms with Crippen LogP contribution in [-0.2, 0) is 0 Å². The number of hydrogen-bond donors (Lipinski definition) is 0. The summed E-state index contributed by atoms with van der Waals surface area (Å²) in [4.78, 5) is 13.7. The van der Waals surface area contributed by atoms with Crippen molar-refractivity contribution in [2.45, 2.75) is 25.3 Å². The second kappa shape index (κ2) is 4.70. The molecule has 2 aliphatic heterocycles. The average molecular weight is 323 g/mol. The Morgan fingerprint density at radius 1 is 1.00 bits per heavy atom. The summed E-state index contributed by atoms with van der Waals surface area (Å²) >= 11 is 3.38. The molecule has 0 bridgehead atoms. The summed E-state index contributed by atoms with van der Waals surface area (Å²) in [6.07, 6.45) is 8.05. The molecule has 3 aliphatic rings. The van der Waals surface area contributed by atoms with Crippen LogP contribution >= 0.6 is 15.9 Å². The number of hydrogen-bond acceptors (Lipinski definition) is 4. The maximum atomic E-state index is 4.37. The molecule has 1 aromatic heterocycles. The van der Waals surface area contributed by atoms with Gasteiger partial charge in [0.05, 0.1) is 4.47 Å². The molecule has 0 amide bonds. The molecule has 5 heteroatoms. The highest BCUT2D eigenvalue weighted by Gasteiger charge is 2.42. The molecule has 3 heterocycles. The molecule has 2 saturated heterocycles. The minimum atomic E-state index is 0.734. The first-order valence-electron chi connectivity index (χ1n) is 7.26. The first-order valence-corrected chi connectivity index (χ1v) is 8.05. The lowest BCUT2D eigenvalue weighted by Gasteiger charge is -2.44. The molecule has 1 saturated carbocycles. The van der Waals surface area contributed by atoms with E-state index in [0.717, 1.165) is 41.4 Å². The zero-order valence-electron chi connectivity index (χ0n) is 11.0. The molecule has 0 spiro atoms. The predicted octanol–water partition coefficient (Wildman–Crippen LogP) is 2.16. The van der Waals surface area contributed by atoms with E-state index in [0.29, 0.717) is 0 Å². The van der Waals surface area contributed by atoms with Gasteiger partial charge in [0.25, 0.3) is 0 Å². The van der Waals surface area contributed by atoms with Gasteiger partial charge in [-0.15, -0.1) is 0 Å². The van der Waals surface area contributed by atoms with Crippen LogP contribution in [0.4, 0.5) is 5.95 Å². The summed E-state index contributed by atoms with van der Waals surface area (Å²) in [6, 6.07) is 0.734. The first-order chi connectivity index (χ1) is 9.29.